The van der Waals surface area contributed by atoms with E-state index in [0.29, 0.717) is 16.4 Å². The molecular formula is C23H22N4O2S. The summed E-state index contributed by atoms with van der Waals surface area (Å²) in [6.45, 7) is 3.77. The molecule has 0 saturated carbocycles. The van der Waals surface area contributed by atoms with Crippen LogP contribution in [0.5, 0.6) is 0 Å². The Bertz CT molecular complexity index is 1050. The van der Waals surface area contributed by atoms with E-state index < -0.39 is 6.04 Å². The number of rotatable bonds is 7. The van der Waals surface area contributed by atoms with Crippen molar-refractivity contribution >= 4 is 28.3 Å². The quantitative estimate of drug-likeness (QED) is 0.606. The molecule has 152 valence electrons. The third-order valence-electron chi connectivity index (χ3n) is 4.52. The topological polar surface area (TPSA) is 94.9 Å². The first-order valence-electron chi connectivity index (χ1n) is 9.56. The zero-order valence-corrected chi connectivity index (χ0v) is 17.6. The van der Waals surface area contributed by atoms with Crippen LogP contribution in [0.3, 0.4) is 0 Å². The van der Waals surface area contributed by atoms with Gasteiger partial charge in [0.05, 0.1) is 23.7 Å². The molecule has 30 heavy (non-hydrogen) atoms. The van der Waals surface area contributed by atoms with Crippen LogP contribution in [0, 0.1) is 17.2 Å². The maximum atomic E-state index is 12.8. The summed E-state index contributed by atoms with van der Waals surface area (Å²) in [6, 6.07) is 17.9. The smallest absolute Gasteiger partial charge is 0.248 e. The number of amides is 2. The van der Waals surface area contributed by atoms with E-state index in [1.54, 1.807) is 12.1 Å². The molecule has 6 nitrogen and oxygen atoms in total. The van der Waals surface area contributed by atoms with Crippen LogP contribution in [-0.2, 0) is 16.0 Å². The summed E-state index contributed by atoms with van der Waals surface area (Å²) in [7, 11) is 0. The number of nitrogens with zero attached hydrogens (tertiary/aromatic N) is 2. The molecular weight excluding hydrogens is 396 g/mol. The lowest BCUT2D eigenvalue weighted by Gasteiger charge is -2.21. The molecule has 0 radical (unpaired) electrons. The van der Waals surface area contributed by atoms with Gasteiger partial charge in [0.2, 0.25) is 11.8 Å². The van der Waals surface area contributed by atoms with Crippen LogP contribution < -0.4 is 10.6 Å². The fraction of sp³-hybridized carbons (Fsp3) is 0.217. The molecule has 1 heterocycles. The number of benzene rings is 2. The maximum Gasteiger partial charge on any atom is 0.248 e. The summed E-state index contributed by atoms with van der Waals surface area (Å²) in [6.07, 6.45) is 0.220. The summed E-state index contributed by atoms with van der Waals surface area (Å²) in [5, 5.41) is 16.8. The third kappa shape index (κ3) is 5.52. The van der Waals surface area contributed by atoms with Gasteiger partial charge < -0.3 is 10.6 Å². The summed E-state index contributed by atoms with van der Waals surface area (Å²) >= 11 is 1.31. The van der Waals surface area contributed by atoms with Crippen molar-refractivity contribution < 1.29 is 9.59 Å². The Morgan fingerprint density at radius 2 is 1.80 bits per heavy atom. The van der Waals surface area contributed by atoms with E-state index in [1.807, 2.05) is 61.7 Å². The lowest BCUT2D eigenvalue weighted by atomic mass is 10.0. The summed E-state index contributed by atoms with van der Waals surface area (Å²) in [5.74, 6) is -0.581. The third-order valence-corrected chi connectivity index (χ3v) is 5.27. The van der Waals surface area contributed by atoms with Gasteiger partial charge in [-0.2, -0.15) is 5.26 Å². The van der Waals surface area contributed by atoms with Crippen LogP contribution in [0.15, 0.2) is 60.0 Å². The van der Waals surface area contributed by atoms with Crippen molar-refractivity contribution in [1.82, 2.24) is 10.3 Å². The highest BCUT2D eigenvalue weighted by atomic mass is 32.1. The van der Waals surface area contributed by atoms with Gasteiger partial charge in [-0.15, -0.1) is 11.3 Å². The molecule has 0 aliphatic heterocycles. The highest BCUT2D eigenvalue weighted by Gasteiger charge is 2.25. The largest absolute Gasteiger partial charge is 0.344 e. The minimum absolute atomic E-state index is 0.0808. The number of hydrogen-bond donors (Lipinski definition) is 2. The van der Waals surface area contributed by atoms with Crippen molar-refractivity contribution in [2.75, 3.05) is 5.32 Å². The van der Waals surface area contributed by atoms with E-state index in [9.17, 15) is 9.59 Å². The van der Waals surface area contributed by atoms with Gasteiger partial charge >= 0.3 is 0 Å². The van der Waals surface area contributed by atoms with Crippen LogP contribution in [0.2, 0.25) is 0 Å². The molecule has 0 saturated heterocycles. The predicted octanol–water partition coefficient (Wildman–Crippen LogP) is 4.00. The maximum absolute atomic E-state index is 12.8. The molecule has 1 aromatic heterocycles. The number of nitriles is 1. The van der Waals surface area contributed by atoms with Gasteiger partial charge in [-0.25, -0.2) is 4.98 Å². The van der Waals surface area contributed by atoms with Crippen molar-refractivity contribution in [3.8, 4) is 17.3 Å². The summed E-state index contributed by atoms with van der Waals surface area (Å²) < 4.78 is 0. The van der Waals surface area contributed by atoms with Crippen molar-refractivity contribution in [1.29, 1.82) is 5.26 Å². The molecule has 2 amide bonds. The van der Waals surface area contributed by atoms with Crippen molar-refractivity contribution in [3.05, 3.63) is 71.1 Å². The number of carbonyl (C=O) groups excluding carboxylic acids is 2. The molecule has 0 fully saturated rings. The minimum Gasteiger partial charge on any atom is -0.344 e. The molecule has 0 bridgehead atoms. The Kier molecular flexibility index (Phi) is 6.94. The van der Waals surface area contributed by atoms with Gasteiger partial charge in [0.1, 0.15) is 6.04 Å². The number of hydrogen-bond acceptors (Lipinski definition) is 5. The summed E-state index contributed by atoms with van der Waals surface area (Å²) in [5.41, 5.74) is 3.05. The molecule has 1 atom stereocenters. The van der Waals surface area contributed by atoms with Crippen molar-refractivity contribution in [2.45, 2.75) is 26.3 Å². The lowest BCUT2D eigenvalue weighted by molar-refractivity contribution is -0.127. The van der Waals surface area contributed by atoms with Gasteiger partial charge in [-0.3, -0.25) is 9.59 Å². The number of thiazole rings is 1. The fourth-order valence-electron chi connectivity index (χ4n) is 2.90. The molecule has 0 aliphatic rings. The standard InChI is InChI=1S/C23H22N4O2S/c1-15(2)21(26-20(28)12-16-6-4-3-5-7-16)22(29)27-23-25-19(14-30-23)18-10-8-17(13-24)9-11-18/h3-11,14-15,21H,12H2,1-2H3,(H,26,28)(H,25,27,29)/t21-/m0/s1. The SMILES string of the molecule is CC(C)[C@H](NC(=O)Cc1ccccc1)C(=O)Nc1nc(-c2ccc(C#N)cc2)cs1. The fourth-order valence-corrected chi connectivity index (χ4v) is 3.63. The molecule has 2 N–H and O–H groups in total. The molecule has 0 spiro atoms. The molecule has 3 rings (SSSR count). The lowest BCUT2D eigenvalue weighted by Crippen LogP contribution is -2.47. The van der Waals surface area contributed by atoms with Crippen LogP contribution >= 0.6 is 11.3 Å². The Balaban J connectivity index is 1.64. The second-order valence-corrected chi connectivity index (χ2v) is 8.03. The predicted molar refractivity (Wildman–Crippen MR) is 118 cm³/mol. The molecule has 2 aromatic carbocycles. The first kappa shape index (κ1) is 21.2. The zero-order chi connectivity index (χ0) is 21.5. The summed E-state index contributed by atoms with van der Waals surface area (Å²) in [4.78, 5) is 29.6. The van der Waals surface area contributed by atoms with E-state index >= 15 is 0 Å². The van der Waals surface area contributed by atoms with Gasteiger partial charge in [0.25, 0.3) is 0 Å². The van der Waals surface area contributed by atoms with E-state index in [-0.39, 0.29) is 24.2 Å². The van der Waals surface area contributed by atoms with E-state index in [1.165, 1.54) is 11.3 Å². The van der Waals surface area contributed by atoms with Gasteiger partial charge in [-0.05, 0) is 23.6 Å². The highest BCUT2D eigenvalue weighted by Crippen LogP contribution is 2.25. The average molecular weight is 419 g/mol. The number of aromatic nitrogens is 1. The minimum atomic E-state index is -0.663. The Morgan fingerprint density at radius 1 is 1.10 bits per heavy atom. The van der Waals surface area contributed by atoms with Gasteiger partial charge in [-0.1, -0.05) is 56.3 Å². The second kappa shape index (κ2) is 9.81. The van der Waals surface area contributed by atoms with Crippen LogP contribution in [0.25, 0.3) is 11.3 Å². The normalized spacial score (nSPS) is 11.5. The van der Waals surface area contributed by atoms with Crippen LogP contribution in [0.4, 0.5) is 5.13 Å². The second-order valence-electron chi connectivity index (χ2n) is 7.17. The molecule has 3 aromatic rings. The molecule has 0 aliphatic carbocycles. The number of nitrogens with one attached hydrogen (secondary N) is 2. The van der Waals surface area contributed by atoms with Gasteiger partial charge in [0, 0.05) is 10.9 Å². The van der Waals surface area contributed by atoms with Crippen LogP contribution in [-0.4, -0.2) is 22.8 Å². The van der Waals surface area contributed by atoms with Crippen molar-refractivity contribution in [3.63, 3.8) is 0 Å². The van der Waals surface area contributed by atoms with Crippen molar-refractivity contribution in [2.24, 2.45) is 5.92 Å². The highest BCUT2D eigenvalue weighted by molar-refractivity contribution is 7.14. The molecule has 0 unspecified atom stereocenters. The van der Waals surface area contributed by atoms with E-state index in [0.717, 1.165) is 11.1 Å². The number of carbonyl (C=O) groups is 2. The molecule has 7 heteroatoms. The average Bonchev–Trinajstić information content (AvgIpc) is 3.21. The van der Waals surface area contributed by atoms with E-state index in [2.05, 4.69) is 21.7 Å². The van der Waals surface area contributed by atoms with Gasteiger partial charge in [0.15, 0.2) is 5.13 Å². The monoisotopic (exact) mass is 418 g/mol. The Labute approximate surface area is 179 Å². The first-order chi connectivity index (χ1) is 14.5. The van der Waals surface area contributed by atoms with E-state index in [4.69, 9.17) is 5.26 Å². The Morgan fingerprint density at radius 3 is 2.43 bits per heavy atom. The first-order valence-corrected chi connectivity index (χ1v) is 10.4. The Hall–Kier alpha value is -3.50. The van der Waals surface area contributed by atoms with Crippen LogP contribution in [0.1, 0.15) is 25.0 Å². The number of anilines is 1. The zero-order valence-electron chi connectivity index (χ0n) is 16.8.